The van der Waals surface area contributed by atoms with Crippen LogP contribution in [0.5, 0.6) is 5.75 Å². The Morgan fingerprint density at radius 1 is 1.00 bits per heavy atom. The van der Waals surface area contributed by atoms with Gasteiger partial charge < -0.3 is 19.8 Å². The van der Waals surface area contributed by atoms with Gasteiger partial charge in [-0.2, -0.15) is 0 Å². The highest BCUT2D eigenvalue weighted by molar-refractivity contribution is 5.88. The molecule has 0 saturated carbocycles. The monoisotopic (exact) mass is 352 g/mol. The number of hydrogen-bond donors (Lipinski definition) is 2. The van der Waals surface area contributed by atoms with Gasteiger partial charge in [0.2, 0.25) is 0 Å². The molecule has 26 heavy (non-hydrogen) atoms. The molecule has 6 heteroatoms. The second-order valence-electron chi connectivity index (χ2n) is 5.71. The van der Waals surface area contributed by atoms with E-state index in [1.54, 1.807) is 6.20 Å². The van der Waals surface area contributed by atoms with Gasteiger partial charge in [0.15, 0.2) is 6.61 Å². The zero-order valence-electron chi connectivity index (χ0n) is 14.2. The molecular formula is C20H20N2O4. The molecular weight excluding hydrogens is 332 g/mol. The van der Waals surface area contributed by atoms with E-state index in [9.17, 15) is 9.59 Å². The smallest absolute Gasteiger partial charge is 0.310 e. The predicted octanol–water partition coefficient (Wildman–Crippen LogP) is 2.45. The third-order valence-electron chi connectivity index (χ3n) is 3.81. The Morgan fingerprint density at radius 2 is 1.77 bits per heavy atom. The fourth-order valence-corrected chi connectivity index (χ4v) is 2.56. The topological polar surface area (TPSA) is 80.4 Å². The van der Waals surface area contributed by atoms with Crippen molar-refractivity contribution in [1.82, 2.24) is 10.3 Å². The molecule has 0 aliphatic rings. The van der Waals surface area contributed by atoms with Crippen molar-refractivity contribution in [2.45, 2.75) is 6.42 Å². The maximum absolute atomic E-state index is 11.9. The molecule has 134 valence electrons. The van der Waals surface area contributed by atoms with Crippen molar-refractivity contribution in [3.8, 4) is 5.75 Å². The van der Waals surface area contributed by atoms with Gasteiger partial charge in [-0.15, -0.1) is 0 Å². The number of nitrogens with one attached hydrogen (secondary N) is 2. The van der Waals surface area contributed by atoms with Gasteiger partial charge in [0.05, 0.1) is 13.0 Å². The van der Waals surface area contributed by atoms with Crippen LogP contribution in [0.4, 0.5) is 0 Å². The third-order valence-corrected chi connectivity index (χ3v) is 3.81. The van der Waals surface area contributed by atoms with Gasteiger partial charge in [-0.3, -0.25) is 9.59 Å². The van der Waals surface area contributed by atoms with Crippen LogP contribution in [0.2, 0.25) is 0 Å². The molecule has 0 spiro atoms. The lowest BCUT2D eigenvalue weighted by atomic mass is 10.1. The van der Waals surface area contributed by atoms with Gasteiger partial charge in [0, 0.05) is 17.1 Å². The summed E-state index contributed by atoms with van der Waals surface area (Å²) in [7, 11) is 0. The Balaban J connectivity index is 1.35. The van der Waals surface area contributed by atoms with E-state index in [1.807, 2.05) is 54.6 Å². The summed E-state index contributed by atoms with van der Waals surface area (Å²) >= 11 is 0. The first-order valence-corrected chi connectivity index (χ1v) is 8.37. The Labute approximate surface area is 151 Å². The Kier molecular flexibility index (Phi) is 5.88. The predicted molar refractivity (Wildman–Crippen MR) is 97.9 cm³/mol. The first-order chi connectivity index (χ1) is 12.7. The van der Waals surface area contributed by atoms with Gasteiger partial charge in [0.25, 0.3) is 5.91 Å². The van der Waals surface area contributed by atoms with Crippen LogP contribution < -0.4 is 10.1 Å². The lowest BCUT2D eigenvalue weighted by Gasteiger charge is -2.08. The van der Waals surface area contributed by atoms with Crippen molar-refractivity contribution >= 4 is 22.8 Å². The highest BCUT2D eigenvalue weighted by atomic mass is 16.5. The summed E-state index contributed by atoms with van der Waals surface area (Å²) in [4.78, 5) is 26.8. The molecule has 1 heterocycles. The maximum atomic E-state index is 11.9. The molecule has 0 radical (unpaired) electrons. The third kappa shape index (κ3) is 4.86. The summed E-state index contributed by atoms with van der Waals surface area (Å²) < 4.78 is 10.5. The van der Waals surface area contributed by atoms with E-state index >= 15 is 0 Å². The number of aromatic nitrogens is 1. The van der Waals surface area contributed by atoms with E-state index in [2.05, 4.69) is 10.3 Å². The van der Waals surface area contributed by atoms with Crippen LogP contribution in [0.1, 0.15) is 5.56 Å². The molecule has 0 bridgehead atoms. The summed E-state index contributed by atoms with van der Waals surface area (Å²) in [5, 5.41) is 3.63. The number of fused-ring (bicyclic) bond motifs is 1. The zero-order chi connectivity index (χ0) is 18.2. The summed E-state index contributed by atoms with van der Waals surface area (Å²) in [6.45, 7) is 0.388. The van der Waals surface area contributed by atoms with Gasteiger partial charge >= 0.3 is 5.97 Å². The standard InChI is InChI=1S/C20H20N2O4/c23-19(21-10-11-25-16-6-2-1-3-7-16)14-26-20(24)12-15-13-22-18-9-5-4-8-17(15)18/h1-9,13,22H,10-12,14H2,(H,21,23). The number of carbonyl (C=O) groups is 2. The Morgan fingerprint density at radius 3 is 2.62 bits per heavy atom. The minimum Gasteiger partial charge on any atom is -0.492 e. The van der Waals surface area contributed by atoms with E-state index in [1.165, 1.54) is 0 Å². The van der Waals surface area contributed by atoms with Crippen LogP contribution in [-0.4, -0.2) is 36.6 Å². The van der Waals surface area contributed by atoms with Crippen LogP contribution in [-0.2, 0) is 20.7 Å². The van der Waals surface area contributed by atoms with Crippen molar-refractivity contribution in [2.24, 2.45) is 0 Å². The van der Waals surface area contributed by atoms with Gasteiger partial charge in [0.1, 0.15) is 12.4 Å². The van der Waals surface area contributed by atoms with Crippen molar-refractivity contribution in [2.75, 3.05) is 19.8 Å². The SMILES string of the molecule is O=C(COC(=O)Cc1c[nH]c2ccccc12)NCCOc1ccccc1. The van der Waals surface area contributed by atoms with E-state index in [-0.39, 0.29) is 18.9 Å². The number of ether oxygens (including phenoxy) is 2. The number of carbonyl (C=O) groups excluding carboxylic acids is 2. The van der Waals surface area contributed by atoms with Gasteiger partial charge in [-0.1, -0.05) is 36.4 Å². The molecule has 3 rings (SSSR count). The number of H-pyrrole nitrogens is 1. The number of amides is 1. The minimum absolute atomic E-state index is 0.119. The molecule has 0 aliphatic heterocycles. The lowest BCUT2D eigenvalue weighted by Crippen LogP contribution is -2.32. The maximum Gasteiger partial charge on any atom is 0.310 e. The molecule has 3 aromatic rings. The fraction of sp³-hybridized carbons (Fsp3) is 0.200. The fourth-order valence-electron chi connectivity index (χ4n) is 2.56. The van der Waals surface area contributed by atoms with Crippen LogP contribution in [0.25, 0.3) is 10.9 Å². The first kappa shape index (κ1) is 17.5. The molecule has 2 N–H and O–H groups in total. The zero-order valence-corrected chi connectivity index (χ0v) is 14.2. The van der Waals surface area contributed by atoms with E-state index in [0.29, 0.717) is 13.2 Å². The van der Waals surface area contributed by atoms with Crippen LogP contribution in [0.15, 0.2) is 60.8 Å². The summed E-state index contributed by atoms with van der Waals surface area (Å²) in [6.07, 6.45) is 1.90. The molecule has 0 saturated heterocycles. The summed E-state index contributed by atoms with van der Waals surface area (Å²) in [5.74, 6) is -0.0497. The number of rotatable bonds is 8. The van der Waals surface area contributed by atoms with Crippen molar-refractivity contribution in [3.05, 3.63) is 66.4 Å². The number of hydrogen-bond acceptors (Lipinski definition) is 4. The van der Waals surface area contributed by atoms with E-state index in [4.69, 9.17) is 9.47 Å². The normalized spacial score (nSPS) is 10.5. The highest BCUT2D eigenvalue weighted by Crippen LogP contribution is 2.18. The number of benzene rings is 2. The van der Waals surface area contributed by atoms with Crippen LogP contribution in [0.3, 0.4) is 0 Å². The highest BCUT2D eigenvalue weighted by Gasteiger charge is 2.11. The molecule has 1 aromatic heterocycles. The Hall–Kier alpha value is -3.28. The van der Waals surface area contributed by atoms with E-state index in [0.717, 1.165) is 22.2 Å². The molecule has 0 atom stereocenters. The summed E-state index contributed by atoms with van der Waals surface area (Å²) in [6, 6.07) is 17.1. The number of aromatic amines is 1. The second kappa shape index (κ2) is 8.71. The minimum atomic E-state index is -0.439. The first-order valence-electron chi connectivity index (χ1n) is 8.37. The molecule has 1 amide bonds. The van der Waals surface area contributed by atoms with Gasteiger partial charge in [-0.25, -0.2) is 0 Å². The quantitative estimate of drug-likeness (QED) is 0.482. The van der Waals surface area contributed by atoms with Crippen LogP contribution >= 0.6 is 0 Å². The summed E-state index contributed by atoms with van der Waals surface area (Å²) in [5.41, 5.74) is 1.81. The molecule has 6 nitrogen and oxygen atoms in total. The average Bonchev–Trinajstić information content (AvgIpc) is 3.07. The second-order valence-corrected chi connectivity index (χ2v) is 5.71. The molecule has 0 aliphatic carbocycles. The van der Waals surface area contributed by atoms with E-state index < -0.39 is 5.97 Å². The lowest BCUT2D eigenvalue weighted by molar-refractivity contribution is -0.147. The molecule has 0 fully saturated rings. The van der Waals surface area contributed by atoms with Crippen molar-refractivity contribution in [3.63, 3.8) is 0 Å². The molecule has 0 unspecified atom stereocenters. The largest absolute Gasteiger partial charge is 0.492 e. The number of para-hydroxylation sites is 2. The van der Waals surface area contributed by atoms with Gasteiger partial charge in [-0.05, 0) is 23.8 Å². The van der Waals surface area contributed by atoms with Crippen molar-refractivity contribution in [1.29, 1.82) is 0 Å². The van der Waals surface area contributed by atoms with Crippen molar-refractivity contribution < 1.29 is 19.1 Å². The number of esters is 1. The Bertz CT molecular complexity index is 874. The molecule has 2 aromatic carbocycles. The average molecular weight is 352 g/mol. The van der Waals surface area contributed by atoms with Crippen LogP contribution in [0, 0.1) is 0 Å².